The van der Waals surface area contributed by atoms with Crippen molar-refractivity contribution in [3.8, 4) is 0 Å². The van der Waals surface area contributed by atoms with Gasteiger partial charge in [-0.25, -0.2) is 0 Å². The van der Waals surface area contributed by atoms with Crippen molar-refractivity contribution in [1.82, 2.24) is 0 Å². The topological polar surface area (TPSA) is 29.5 Å². The summed E-state index contributed by atoms with van der Waals surface area (Å²) in [7, 11) is 0. The van der Waals surface area contributed by atoms with E-state index in [0.29, 0.717) is 0 Å². The molecule has 0 unspecified atom stereocenters. The van der Waals surface area contributed by atoms with Crippen LogP contribution < -0.4 is 0 Å². The second kappa shape index (κ2) is 2.95. The van der Waals surface area contributed by atoms with Crippen LogP contribution in [-0.4, -0.2) is 22.9 Å². The third-order valence-electron chi connectivity index (χ3n) is 2.10. The summed E-state index contributed by atoms with van der Waals surface area (Å²) in [4.78, 5) is 0. The molecule has 1 fully saturated rings. The second-order valence-corrected chi connectivity index (χ2v) is 3.63. The lowest BCUT2D eigenvalue weighted by Gasteiger charge is -2.24. The van der Waals surface area contributed by atoms with Crippen LogP contribution in [0.1, 0.15) is 26.7 Å². The zero-order valence-corrected chi connectivity index (χ0v) is 7.21. The van der Waals surface area contributed by atoms with Gasteiger partial charge >= 0.3 is 0 Å². The lowest BCUT2D eigenvalue weighted by atomic mass is 9.99. The van der Waals surface area contributed by atoms with E-state index < -0.39 is 5.60 Å². The van der Waals surface area contributed by atoms with E-state index in [0.717, 1.165) is 12.8 Å². The summed E-state index contributed by atoms with van der Waals surface area (Å²) in [6.07, 6.45) is 3.83. The molecule has 0 aromatic rings. The van der Waals surface area contributed by atoms with Gasteiger partial charge < -0.3 is 9.84 Å². The summed E-state index contributed by atoms with van der Waals surface area (Å²) in [5.41, 5.74) is -0.711. The molecule has 1 heterocycles. The molecule has 0 amide bonds. The summed E-state index contributed by atoms with van der Waals surface area (Å²) in [6.45, 7) is 7.21. The molecular weight excluding hydrogens is 140 g/mol. The van der Waals surface area contributed by atoms with E-state index in [9.17, 15) is 5.11 Å². The highest BCUT2D eigenvalue weighted by molar-refractivity contribution is 4.91. The fourth-order valence-corrected chi connectivity index (χ4v) is 1.36. The van der Waals surface area contributed by atoms with E-state index in [-0.39, 0.29) is 12.2 Å². The Hall–Kier alpha value is -0.340. The summed E-state index contributed by atoms with van der Waals surface area (Å²) >= 11 is 0. The zero-order valence-electron chi connectivity index (χ0n) is 7.21. The Morgan fingerprint density at radius 3 is 2.45 bits per heavy atom. The van der Waals surface area contributed by atoms with Crippen LogP contribution in [0.2, 0.25) is 0 Å². The van der Waals surface area contributed by atoms with Gasteiger partial charge in [-0.1, -0.05) is 6.08 Å². The smallest absolute Gasteiger partial charge is 0.0865 e. The summed E-state index contributed by atoms with van der Waals surface area (Å²) in [6, 6.07) is 0. The normalized spacial score (nSPS) is 32.3. The Balaban J connectivity index is 2.48. The first kappa shape index (κ1) is 8.75. The summed E-state index contributed by atoms with van der Waals surface area (Å²) < 4.78 is 5.51. The summed E-state index contributed by atoms with van der Waals surface area (Å²) in [5, 5.41) is 9.57. The SMILES string of the molecule is C=C[C@H]1CC[C@@H](C(C)(C)O)O1. The molecule has 2 atom stereocenters. The van der Waals surface area contributed by atoms with Crippen molar-refractivity contribution in [2.75, 3.05) is 0 Å². The quantitative estimate of drug-likeness (QED) is 0.614. The Bertz CT molecular complexity index is 146. The summed E-state index contributed by atoms with van der Waals surface area (Å²) in [5.74, 6) is 0. The van der Waals surface area contributed by atoms with Gasteiger partial charge in [0.25, 0.3) is 0 Å². The maximum Gasteiger partial charge on any atom is 0.0865 e. The van der Waals surface area contributed by atoms with E-state index in [4.69, 9.17) is 4.74 Å². The predicted octanol–water partition coefficient (Wildman–Crippen LogP) is 1.49. The molecule has 0 radical (unpaired) electrons. The number of hydrogen-bond donors (Lipinski definition) is 1. The average molecular weight is 156 g/mol. The minimum Gasteiger partial charge on any atom is -0.388 e. The molecule has 0 aromatic carbocycles. The molecule has 0 spiro atoms. The highest BCUT2D eigenvalue weighted by Gasteiger charge is 2.34. The third-order valence-corrected chi connectivity index (χ3v) is 2.10. The molecule has 0 aliphatic carbocycles. The van der Waals surface area contributed by atoms with E-state index in [1.807, 2.05) is 0 Å². The number of hydrogen-bond acceptors (Lipinski definition) is 2. The van der Waals surface area contributed by atoms with E-state index in [1.54, 1.807) is 19.9 Å². The van der Waals surface area contributed by atoms with Crippen LogP contribution in [0.5, 0.6) is 0 Å². The van der Waals surface area contributed by atoms with Crippen LogP contribution in [0.25, 0.3) is 0 Å². The van der Waals surface area contributed by atoms with Crippen molar-refractivity contribution in [1.29, 1.82) is 0 Å². The Morgan fingerprint density at radius 1 is 1.55 bits per heavy atom. The molecule has 1 rings (SSSR count). The lowest BCUT2D eigenvalue weighted by Crippen LogP contribution is -2.35. The molecule has 1 saturated heterocycles. The van der Waals surface area contributed by atoms with Crippen molar-refractivity contribution >= 4 is 0 Å². The average Bonchev–Trinajstić information content (AvgIpc) is 2.32. The molecule has 1 aliphatic rings. The molecule has 1 N–H and O–H groups in total. The first-order valence-electron chi connectivity index (χ1n) is 4.04. The van der Waals surface area contributed by atoms with Gasteiger partial charge in [-0.2, -0.15) is 0 Å². The first-order chi connectivity index (χ1) is 5.04. The standard InChI is InChI=1S/C9H16O2/c1-4-7-5-6-8(11-7)9(2,3)10/h4,7-8,10H,1,5-6H2,2-3H3/t7-,8-/m0/s1. The molecule has 0 saturated carbocycles. The first-order valence-corrected chi connectivity index (χ1v) is 4.04. The molecule has 1 aliphatic heterocycles. The Morgan fingerprint density at radius 2 is 2.18 bits per heavy atom. The second-order valence-electron chi connectivity index (χ2n) is 3.63. The fourth-order valence-electron chi connectivity index (χ4n) is 1.36. The van der Waals surface area contributed by atoms with E-state index >= 15 is 0 Å². The minimum absolute atomic E-state index is 0.0227. The highest BCUT2D eigenvalue weighted by atomic mass is 16.5. The molecular formula is C9H16O2. The van der Waals surface area contributed by atoms with Gasteiger partial charge in [-0.05, 0) is 26.7 Å². The van der Waals surface area contributed by atoms with Crippen molar-refractivity contribution < 1.29 is 9.84 Å². The van der Waals surface area contributed by atoms with E-state index in [1.165, 1.54) is 0 Å². The van der Waals surface area contributed by atoms with Gasteiger partial charge in [-0.3, -0.25) is 0 Å². The van der Waals surface area contributed by atoms with Crippen molar-refractivity contribution in [2.24, 2.45) is 0 Å². The van der Waals surface area contributed by atoms with E-state index in [2.05, 4.69) is 6.58 Å². The molecule has 0 bridgehead atoms. The van der Waals surface area contributed by atoms with Crippen molar-refractivity contribution in [3.63, 3.8) is 0 Å². The number of rotatable bonds is 2. The van der Waals surface area contributed by atoms with Gasteiger partial charge in [0, 0.05) is 0 Å². The third kappa shape index (κ3) is 2.04. The molecule has 64 valence electrons. The van der Waals surface area contributed by atoms with Gasteiger partial charge in [0.1, 0.15) is 0 Å². The van der Waals surface area contributed by atoms with Gasteiger partial charge in [0.15, 0.2) is 0 Å². The number of aliphatic hydroxyl groups is 1. The van der Waals surface area contributed by atoms with Gasteiger partial charge in [0.05, 0.1) is 17.8 Å². The van der Waals surface area contributed by atoms with Crippen LogP contribution in [-0.2, 0) is 4.74 Å². The molecule has 11 heavy (non-hydrogen) atoms. The largest absolute Gasteiger partial charge is 0.388 e. The van der Waals surface area contributed by atoms with Crippen LogP contribution in [0.15, 0.2) is 12.7 Å². The highest BCUT2D eigenvalue weighted by Crippen LogP contribution is 2.27. The van der Waals surface area contributed by atoms with Crippen LogP contribution in [0, 0.1) is 0 Å². The van der Waals surface area contributed by atoms with Gasteiger partial charge in [0.2, 0.25) is 0 Å². The maximum absolute atomic E-state index is 9.57. The maximum atomic E-state index is 9.57. The predicted molar refractivity (Wildman–Crippen MR) is 44.4 cm³/mol. The zero-order chi connectivity index (χ0) is 8.48. The van der Waals surface area contributed by atoms with Crippen molar-refractivity contribution in [3.05, 3.63) is 12.7 Å². The van der Waals surface area contributed by atoms with Crippen LogP contribution in [0.3, 0.4) is 0 Å². The number of ether oxygens (including phenoxy) is 1. The van der Waals surface area contributed by atoms with Gasteiger partial charge in [-0.15, -0.1) is 6.58 Å². The minimum atomic E-state index is -0.711. The van der Waals surface area contributed by atoms with Crippen molar-refractivity contribution in [2.45, 2.75) is 44.5 Å². The molecule has 2 nitrogen and oxygen atoms in total. The monoisotopic (exact) mass is 156 g/mol. The van der Waals surface area contributed by atoms with Crippen LogP contribution >= 0.6 is 0 Å². The Kier molecular flexibility index (Phi) is 2.35. The lowest BCUT2D eigenvalue weighted by molar-refractivity contribution is -0.0732. The molecule has 0 aromatic heterocycles. The fraction of sp³-hybridized carbons (Fsp3) is 0.778. The molecule has 2 heteroatoms. The Labute approximate surface area is 67.9 Å². The van der Waals surface area contributed by atoms with Crippen LogP contribution in [0.4, 0.5) is 0 Å².